The minimum Gasteiger partial charge on any atom is -0.457 e. The van der Waals surface area contributed by atoms with Crippen molar-refractivity contribution in [3.05, 3.63) is 215 Å². The standard InChI is InChI=1S/C88H111NO23/c1-53-42-98-83(78(96-47-66-38-26-16-27-39-66)70(53)110-88-52-93-51-87(88,50-92-44-63-32-20-13-21-33-63)111-82(112-88)67-40-28-17-29-41-67)106-74-58(6)99-68(49-97-79-77(75(103-61(9)90)59(7)101-84(79)102-60(8)89)107-85-80-73(54(2)57(5)100-85)108-86(10,11)109-80)55(3)72(74)105-81-56(4)71(94-45-64-34-22-14-23-35-64)76(95-46-65-36-24-15-25-37-65)69(104-81)48-91-43-62-30-18-12-19-31-62/h12-41,53-59,68-85,89H,42-52H2,1-11H3/t53-,54+,55-,56-,57?,58?,59?,68+,69?,70?,71?,72?,73+,74+,75+,76-,77?,78-,79-,80?,81+,82-,83+,84-,85+,87?,88-/m1/s1. The Morgan fingerprint density at radius 2 is 0.946 bits per heavy atom. The van der Waals surface area contributed by atoms with Crippen molar-refractivity contribution in [2.24, 2.45) is 23.7 Å². The zero-order chi connectivity index (χ0) is 78.1. The molecule has 1 N–H and O–H groups in total. The molecule has 0 aromatic heterocycles. The van der Waals surface area contributed by atoms with E-state index in [-0.39, 0.29) is 83.3 Å². The number of nitrogens with one attached hydrogen (secondary N) is 1. The number of hydrogen-bond donors (Lipinski definition) is 1. The Bertz CT molecular complexity index is 3900. The summed E-state index contributed by atoms with van der Waals surface area (Å²) in [5.74, 6) is -4.80. The molecule has 24 heteroatoms. The molecule has 0 amide bonds. The number of hydrogen-bond acceptors (Lipinski definition) is 24. The molecule has 8 aliphatic heterocycles. The molecule has 0 aliphatic carbocycles. The fraction of sp³-hybridized carbons (Fsp3) is 0.568. The van der Waals surface area contributed by atoms with E-state index in [9.17, 15) is 4.79 Å². The number of esters is 1. The summed E-state index contributed by atoms with van der Waals surface area (Å²) in [5, 5.41) is 8.70. The van der Waals surface area contributed by atoms with Gasteiger partial charge in [-0.3, -0.25) is 10.2 Å². The molecule has 14 rings (SSSR count). The van der Waals surface area contributed by atoms with Gasteiger partial charge in [0, 0.05) is 43.1 Å². The lowest BCUT2D eigenvalue weighted by Gasteiger charge is -2.51. The first-order valence-electron chi connectivity index (χ1n) is 39.6. The van der Waals surface area contributed by atoms with Crippen LogP contribution in [0.2, 0.25) is 0 Å². The molecule has 27 atom stereocenters. The normalized spacial score (nSPS) is 37.0. The van der Waals surface area contributed by atoms with Crippen molar-refractivity contribution in [2.75, 3.05) is 39.6 Å². The van der Waals surface area contributed by atoms with Crippen molar-refractivity contribution >= 4 is 11.9 Å². The molecule has 0 spiro atoms. The molecule has 8 fully saturated rings. The third-order valence-electron chi connectivity index (χ3n) is 22.6. The van der Waals surface area contributed by atoms with Crippen molar-refractivity contribution in [2.45, 2.75) is 255 Å². The van der Waals surface area contributed by atoms with Crippen LogP contribution in [0.4, 0.5) is 0 Å². The fourth-order valence-corrected chi connectivity index (χ4v) is 16.5. The molecule has 10 unspecified atom stereocenters. The number of benzene rings is 6. The number of carbonyl (C=O) groups is 1. The van der Waals surface area contributed by atoms with Crippen molar-refractivity contribution in [1.82, 2.24) is 0 Å². The van der Waals surface area contributed by atoms with Gasteiger partial charge in [0.1, 0.15) is 49.3 Å². The van der Waals surface area contributed by atoms with Crippen molar-refractivity contribution < 1.29 is 109 Å². The van der Waals surface area contributed by atoms with Crippen LogP contribution in [0.1, 0.15) is 116 Å². The van der Waals surface area contributed by atoms with Crippen LogP contribution in [0.3, 0.4) is 0 Å². The van der Waals surface area contributed by atoms with Crippen LogP contribution in [-0.2, 0) is 142 Å². The van der Waals surface area contributed by atoms with Gasteiger partial charge in [-0.05, 0) is 62.4 Å². The van der Waals surface area contributed by atoms with Crippen LogP contribution in [0.15, 0.2) is 182 Å². The molecule has 112 heavy (non-hydrogen) atoms. The van der Waals surface area contributed by atoms with E-state index < -0.39 is 158 Å². The lowest BCUT2D eigenvalue weighted by Crippen LogP contribution is -2.65. The average Bonchev–Trinajstić information content (AvgIpc) is 1.56. The van der Waals surface area contributed by atoms with Crippen molar-refractivity contribution in [3.8, 4) is 0 Å². The fourth-order valence-electron chi connectivity index (χ4n) is 16.5. The van der Waals surface area contributed by atoms with Gasteiger partial charge in [0.05, 0.1) is 115 Å². The summed E-state index contributed by atoms with van der Waals surface area (Å²) < 4.78 is 153. The third-order valence-corrected chi connectivity index (χ3v) is 22.6. The summed E-state index contributed by atoms with van der Waals surface area (Å²) in [5.41, 5.74) is 4.36. The maximum absolute atomic E-state index is 13.3. The van der Waals surface area contributed by atoms with Gasteiger partial charge in [-0.2, -0.15) is 0 Å². The molecule has 6 aromatic carbocycles. The average molecular weight is 1550 g/mol. The van der Waals surface area contributed by atoms with Crippen LogP contribution in [0.25, 0.3) is 0 Å². The van der Waals surface area contributed by atoms with Crippen molar-refractivity contribution in [1.29, 1.82) is 5.41 Å². The second-order valence-electron chi connectivity index (χ2n) is 31.6. The van der Waals surface area contributed by atoms with E-state index in [1.807, 2.05) is 217 Å². The van der Waals surface area contributed by atoms with E-state index >= 15 is 0 Å². The van der Waals surface area contributed by atoms with Crippen LogP contribution >= 0.6 is 0 Å². The summed E-state index contributed by atoms with van der Waals surface area (Å²) in [7, 11) is 0. The number of rotatable bonds is 31. The molecular weight excluding hydrogens is 1440 g/mol. The number of fused-ring (bicyclic) bond motifs is 2. The van der Waals surface area contributed by atoms with Crippen LogP contribution in [0.5, 0.6) is 0 Å². The highest BCUT2D eigenvalue weighted by Crippen LogP contribution is 2.53. The minimum atomic E-state index is -1.53. The maximum Gasteiger partial charge on any atom is 0.303 e. The van der Waals surface area contributed by atoms with Gasteiger partial charge < -0.3 is 104 Å². The Morgan fingerprint density at radius 3 is 1.54 bits per heavy atom. The largest absolute Gasteiger partial charge is 0.457 e. The van der Waals surface area contributed by atoms with Gasteiger partial charge >= 0.3 is 5.97 Å². The summed E-state index contributed by atoms with van der Waals surface area (Å²) in [6.45, 7) is 21.9. The zero-order valence-electron chi connectivity index (χ0n) is 65.9. The maximum atomic E-state index is 13.3. The molecule has 8 aliphatic rings. The van der Waals surface area contributed by atoms with Crippen LogP contribution in [0, 0.1) is 29.1 Å². The second-order valence-corrected chi connectivity index (χ2v) is 31.6. The summed E-state index contributed by atoms with van der Waals surface area (Å²) in [6.07, 6.45) is -18.3. The Morgan fingerprint density at radius 1 is 0.429 bits per heavy atom. The highest BCUT2D eigenvalue weighted by atomic mass is 16.9. The molecule has 6 aromatic rings. The molecule has 0 saturated carbocycles. The number of carbonyl (C=O) groups excluding carboxylic acids is 1. The Labute approximate surface area is 657 Å². The summed E-state index contributed by atoms with van der Waals surface area (Å²) >= 11 is 0. The van der Waals surface area contributed by atoms with Gasteiger partial charge in [-0.25, -0.2) is 0 Å². The lowest BCUT2D eigenvalue weighted by molar-refractivity contribution is -0.372. The quantitative estimate of drug-likeness (QED) is 0.0241. The predicted octanol–water partition coefficient (Wildman–Crippen LogP) is 12.7. The van der Waals surface area contributed by atoms with E-state index in [0.717, 1.165) is 33.4 Å². The van der Waals surface area contributed by atoms with Crippen LogP contribution < -0.4 is 0 Å². The Hall–Kier alpha value is -6.54. The van der Waals surface area contributed by atoms with Gasteiger partial charge in [0.25, 0.3) is 0 Å². The molecule has 0 bridgehead atoms. The van der Waals surface area contributed by atoms with Crippen LogP contribution in [-0.4, -0.2) is 192 Å². The first kappa shape index (κ1) is 82.0. The molecule has 8 saturated heterocycles. The summed E-state index contributed by atoms with van der Waals surface area (Å²) in [4.78, 5) is 13.3. The highest BCUT2D eigenvalue weighted by molar-refractivity contribution is 5.69. The Balaban J connectivity index is 0.820. The first-order chi connectivity index (χ1) is 54.2. The van der Waals surface area contributed by atoms with E-state index in [4.69, 9.17) is 110 Å². The smallest absolute Gasteiger partial charge is 0.303 e. The van der Waals surface area contributed by atoms with E-state index in [2.05, 4.69) is 20.8 Å². The van der Waals surface area contributed by atoms with Gasteiger partial charge in [-0.15, -0.1) is 0 Å². The van der Waals surface area contributed by atoms with E-state index in [1.165, 1.54) is 13.8 Å². The van der Waals surface area contributed by atoms with E-state index in [0.29, 0.717) is 13.2 Å². The SMILES string of the molecule is CC(=N)O[C@H]1OC(C)[C@H](OC(C)=O)C(O[C@@H]2OC(C)[C@H](C)[C@@H]3OC(C)(C)OC23)[C@H]1OC[C@@H]1OC(C)[C@H](O[C@@H]2OC[C@@H](C)C(O[C@@]34COCC3(COCc3ccccc3)O[C@@H](c3ccccc3)O4)[C@H]2OCc2ccccc2)C(O[C@@H]2OC(COCc3ccccc3)[C@@H](OCc3ccccc3)C(OCc3ccccc3)[C@H]2C)[C@@H]1C. The topological polar surface area (TPSA) is 244 Å². The molecule has 0 radical (unpaired) electrons. The predicted molar refractivity (Wildman–Crippen MR) is 406 cm³/mol. The van der Waals surface area contributed by atoms with E-state index in [1.54, 1.807) is 6.92 Å². The Kier molecular flexibility index (Phi) is 27.2. The lowest BCUT2D eigenvalue weighted by atomic mass is 9.87. The zero-order valence-corrected chi connectivity index (χ0v) is 65.9. The number of ether oxygens (including phenoxy) is 22. The van der Waals surface area contributed by atoms with Crippen molar-refractivity contribution in [3.63, 3.8) is 0 Å². The minimum absolute atomic E-state index is 0.00910. The summed E-state index contributed by atoms with van der Waals surface area (Å²) in [6, 6.07) is 59.7. The molecule has 606 valence electrons. The third kappa shape index (κ3) is 19.3. The van der Waals surface area contributed by atoms with Gasteiger partial charge in [0.2, 0.25) is 12.1 Å². The molecule has 24 nitrogen and oxygen atoms in total. The second kappa shape index (κ2) is 37.2. The van der Waals surface area contributed by atoms with Gasteiger partial charge in [0.15, 0.2) is 48.5 Å². The highest BCUT2D eigenvalue weighted by Gasteiger charge is 2.69. The van der Waals surface area contributed by atoms with Gasteiger partial charge in [-0.1, -0.05) is 210 Å². The first-order valence-corrected chi connectivity index (χ1v) is 39.6. The monoisotopic (exact) mass is 1550 g/mol. The molecule has 8 heterocycles. The molecular formula is C88H111NO23.